The van der Waals surface area contributed by atoms with Gasteiger partial charge in [-0.15, -0.1) is 0 Å². The van der Waals surface area contributed by atoms with E-state index in [4.69, 9.17) is 10.5 Å². The summed E-state index contributed by atoms with van der Waals surface area (Å²) in [6, 6.07) is 4.62. The van der Waals surface area contributed by atoms with Gasteiger partial charge in [-0.05, 0) is 31.0 Å². The summed E-state index contributed by atoms with van der Waals surface area (Å²) in [7, 11) is 1.51. The largest absolute Gasteiger partial charge is 0.507 e. The molecule has 100 valence electrons. The van der Waals surface area contributed by atoms with Gasteiger partial charge in [-0.2, -0.15) is 0 Å². The van der Waals surface area contributed by atoms with Crippen LogP contribution in [-0.2, 0) is 0 Å². The molecule has 0 radical (unpaired) electrons. The van der Waals surface area contributed by atoms with E-state index in [1.165, 1.54) is 19.2 Å². The predicted molar refractivity (Wildman–Crippen MR) is 69.9 cm³/mol. The van der Waals surface area contributed by atoms with E-state index in [2.05, 4.69) is 5.32 Å². The Bertz CT molecular complexity index is 407. The molecule has 1 aromatic carbocycles. The molecular formula is C13H20N2O3. The van der Waals surface area contributed by atoms with E-state index in [1.54, 1.807) is 6.07 Å². The molecule has 5 heteroatoms. The molecule has 0 aromatic heterocycles. The molecule has 1 unspecified atom stereocenters. The molecule has 0 spiro atoms. The second-order valence-electron chi connectivity index (χ2n) is 4.10. The van der Waals surface area contributed by atoms with Crippen LogP contribution in [0.5, 0.6) is 11.5 Å². The van der Waals surface area contributed by atoms with Gasteiger partial charge in [0.25, 0.3) is 5.91 Å². The molecular weight excluding hydrogens is 232 g/mol. The molecule has 0 fully saturated rings. The molecule has 1 aromatic rings. The summed E-state index contributed by atoms with van der Waals surface area (Å²) in [5.41, 5.74) is 5.96. The molecule has 1 atom stereocenters. The number of carbonyl (C=O) groups excluding carboxylic acids is 1. The van der Waals surface area contributed by atoms with E-state index in [1.807, 2.05) is 6.92 Å². The Labute approximate surface area is 107 Å². The molecule has 5 nitrogen and oxygen atoms in total. The number of hydrogen-bond donors (Lipinski definition) is 3. The van der Waals surface area contributed by atoms with Gasteiger partial charge in [0.15, 0.2) is 0 Å². The van der Waals surface area contributed by atoms with Gasteiger partial charge in [0.2, 0.25) is 0 Å². The lowest BCUT2D eigenvalue weighted by molar-refractivity contribution is 0.0949. The third kappa shape index (κ3) is 3.92. The zero-order valence-electron chi connectivity index (χ0n) is 10.8. The minimum Gasteiger partial charge on any atom is -0.507 e. The number of nitrogens with two attached hydrogens (primary N) is 1. The van der Waals surface area contributed by atoms with Crippen molar-refractivity contribution in [3.05, 3.63) is 23.8 Å². The van der Waals surface area contributed by atoms with E-state index in [-0.39, 0.29) is 23.3 Å². The van der Waals surface area contributed by atoms with Crippen LogP contribution in [-0.4, -0.2) is 30.7 Å². The van der Waals surface area contributed by atoms with E-state index < -0.39 is 0 Å². The highest BCUT2D eigenvalue weighted by atomic mass is 16.5. The van der Waals surface area contributed by atoms with Crippen molar-refractivity contribution in [1.29, 1.82) is 0 Å². The maximum absolute atomic E-state index is 11.8. The number of carbonyl (C=O) groups is 1. The maximum Gasteiger partial charge on any atom is 0.255 e. The molecule has 0 saturated heterocycles. The van der Waals surface area contributed by atoms with Crippen LogP contribution in [0.25, 0.3) is 0 Å². The van der Waals surface area contributed by atoms with Crippen molar-refractivity contribution in [3.8, 4) is 11.5 Å². The van der Waals surface area contributed by atoms with Crippen molar-refractivity contribution in [1.82, 2.24) is 5.32 Å². The topological polar surface area (TPSA) is 84.6 Å². The summed E-state index contributed by atoms with van der Waals surface area (Å²) < 4.78 is 5.01. The Kier molecular flexibility index (Phi) is 5.45. The van der Waals surface area contributed by atoms with Gasteiger partial charge in [-0.25, -0.2) is 0 Å². The van der Waals surface area contributed by atoms with E-state index in [0.717, 1.165) is 6.42 Å². The fraction of sp³-hybridized carbons (Fsp3) is 0.462. The zero-order valence-corrected chi connectivity index (χ0v) is 10.8. The van der Waals surface area contributed by atoms with Crippen LogP contribution >= 0.6 is 0 Å². The van der Waals surface area contributed by atoms with Crippen LogP contribution in [0.1, 0.15) is 30.1 Å². The monoisotopic (exact) mass is 252 g/mol. The van der Waals surface area contributed by atoms with Crippen LogP contribution in [0.4, 0.5) is 0 Å². The number of methoxy groups -OCH3 is 1. The Balaban J connectivity index is 2.61. The number of phenolic OH excluding ortho intramolecular Hbond substituents is 1. The van der Waals surface area contributed by atoms with Crippen molar-refractivity contribution in [2.45, 2.75) is 25.8 Å². The number of amides is 1. The minimum absolute atomic E-state index is 0.0620. The van der Waals surface area contributed by atoms with Crippen molar-refractivity contribution in [2.75, 3.05) is 13.7 Å². The van der Waals surface area contributed by atoms with Gasteiger partial charge in [-0.1, -0.05) is 6.92 Å². The number of rotatable bonds is 6. The Morgan fingerprint density at radius 3 is 2.89 bits per heavy atom. The lowest BCUT2D eigenvalue weighted by Crippen LogP contribution is -2.30. The fourth-order valence-electron chi connectivity index (χ4n) is 1.49. The smallest absolute Gasteiger partial charge is 0.255 e. The van der Waals surface area contributed by atoms with Crippen LogP contribution in [0.3, 0.4) is 0 Å². The highest BCUT2D eigenvalue weighted by Gasteiger charge is 2.12. The molecule has 4 N–H and O–H groups in total. The quantitative estimate of drug-likeness (QED) is 0.711. The predicted octanol–water partition coefficient (Wildman–Crippen LogP) is 1.26. The number of benzene rings is 1. The molecule has 1 rings (SSSR count). The molecule has 0 aliphatic carbocycles. The third-order valence-electron chi connectivity index (χ3n) is 2.77. The van der Waals surface area contributed by atoms with Gasteiger partial charge in [0, 0.05) is 12.6 Å². The molecule has 0 aliphatic heterocycles. The highest BCUT2D eigenvalue weighted by molar-refractivity contribution is 5.97. The fourth-order valence-corrected chi connectivity index (χ4v) is 1.49. The van der Waals surface area contributed by atoms with Gasteiger partial charge < -0.3 is 20.9 Å². The lowest BCUT2D eigenvalue weighted by atomic mass is 10.1. The first-order chi connectivity index (χ1) is 8.58. The molecule has 0 saturated carbocycles. The van der Waals surface area contributed by atoms with Crippen molar-refractivity contribution < 1.29 is 14.6 Å². The molecule has 1 amide bonds. The number of aromatic hydroxyl groups is 1. The summed E-state index contributed by atoms with van der Waals surface area (Å²) in [6.45, 7) is 2.49. The Morgan fingerprint density at radius 1 is 1.56 bits per heavy atom. The van der Waals surface area contributed by atoms with Crippen LogP contribution in [0.15, 0.2) is 18.2 Å². The number of nitrogens with one attached hydrogen (secondary N) is 1. The van der Waals surface area contributed by atoms with Gasteiger partial charge in [0.1, 0.15) is 11.5 Å². The summed E-state index contributed by atoms with van der Waals surface area (Å²) >= 11 is 0. The average Bonchev–Trinajstić information content (AvgIpc) is 2.38. The lowest BCUT2D eigenvalue weighted by Gasteiger charge is -2.11. The first-order valence-corrected chi connectivity index (χ1v) is 5.99. The Hall–Kier alpha value is -1.75. The van der Waals surface area contributed by atoms with Gasteiger partial charge in [-0.3, -0.25) is 4.79 Å². The normalized spacial score (nSPS) is 11.9. The first kappa shape index (κ1) is 14.3. The van der Waals surface area contributed by atoms with Crippen molar-refractivity contribution >= 4 is 5.91 Å². The number of ether oxygens (including phenoxy) is 1. The average molecular weight is 252 g/mol. The van der Waals surface area contributed by atoms with E-state index in [9.17, 15) is 9.90 Å². The van der Waals surface area contributed by atoms with Crippen LogP contribution < -0.4 is 15.8 Å². The molecule has 0 heterocycles. The number of phenols is 1. The summed E-state index contributed by atoms with van der Waals surface area (Å²) in [6.07, 6.45) is 1.59. The zero-order chi connectivity index (χ0) is 13.5. The van der Waals surface area contributed by atoms with E-state index in [0.29, 0.717) is 18.7 Å². The van der Waals surface area contributed by atoms with Gasteiger partial charge in [0.05, 0.1) is 12.7 Å². The Morgan fingerprint density at radius 2 is 2.28 bits per heavy atom. The summed E-state index contributed by atoms with van der Waals surface area (Å²) in [4.78, 5) is 11.8. The maximum atomic E-state index is 11.8. The first-order valence-electron chi connectivity index (χ1n) is 5.99. The third-order valence-corrected chi connectivity index (χ3v) is 2.77. The van der Waals surface area contributed by atoms with Crippen molar-refractivity contribution in [2.24, 2.45) is 5.73 Å². The second-order valence-corrected chi connectivity index (χ2v) is 4.10. The standard InChI is InChI=1S/C13H20N2O3/c1-3-9(14)6-7-15-13(17)11-8-10(18-2)4-5-12(11)16/h4-5,8-9,16H,3,6-7,14H2,1-2H3,(H,15,17). The summed E-state index contributed by atoms with van der Waals surface area (Å²) in [5.74, 6) is 0.144. The molecule has 0 aliphatic rings. The second kappa shape index (κ2) is 6.86. The number of hydrogen-bond acceptors (Lipinski definition) is 4. The minimum atomic E-state index is -0.324. The summed E-state index contributed by atoms with van der Waals surface area (Å²) in [5, 5.41) is 12.3. The SMILES string of the molecule is CCC(N)CCNC(=O)c1cc(OC)ccc1O. The van der Waals surface area contributed by atoms with Crippen molar-refractivity contribution in [3.63, 3.8) is 0 Å². The molecule has 0 bridgehead atoms. The van der Waals surface area contributed by atoms with E-state index >= 15 is 0 Å². The van der Waals surface area contributed by atoms with Gasteiger partial charge >= 0.3 is 0 Å². The van der Waals surface area contributed by atoms with Crippen LogP contribution in [0.2, 0.25) is 0 Å². The van der Waals surface area contributed by atoms with Crippen LogP contribution in [0, 0.1) is 0 Å². The highest BCUT2D eigenvalue weighted by Crippen LogP contribution is 2.22. The molecule has 18 heavy (non-hydrogen) atoms.